The van der Waals surface area contributed by atoms with E-state index in [2.05, 4.69) is 10.3 Å². The van der Waals surface area contributed by atoms with Gasteiger partial charge >= 0.3 is 0 Å². The Labute approximate surface area is 78.7 Å². The van der Waals surface area contributed by atoms with E-state index in [0.717, 1.165) is 6.20 Å². The zero-order chi connectivity index (χ0) is 10.9. The largest absolute Gasteiger partial charge is 0.369 e. The maximum absolute atomic E-state index is 12.6. The van der Waals surface area contributed by atoms with Crippen LogP contribution in [-0.2, 0) is 4.74 Å². The van der Waals surface area contributed by atoms with Crippen LogP contribution in [0.1, 0.15) is 14.5 Å². The highest BCUT2D eigenvalue weighted by Gasteiger charge is 2.16. The fraction of sp³-hybridized carbons (Fsp3) is 0.444. The Balaban J connectivity index is 2.04. The molecule has 1 aromatic rings. The van der Waals surface area contributed by atoms with Crippen LogP contribution in [0, 0.1) is 5.82 Å². The lowest BCUT2D eigenvalue weighted by Gasteiger charge is -2.22. The minimum Gasteiger partial charge on any atom is -0.369 e. The third-order valence-electron chi connectivity index (χ3n) is 1.85. The van der Waals surface area contributed by atoms with Crippen LogP contribution in [0.3, 0.4) is 0 Å². The monoisotopic (exact) mass is 184 g/mol. The molecule has 1 aliphatic heterocycles. The van der Waals surface area contributed by atoms with Crippen LogP contribution in [0.25, 0.3) is 0 Å². The smallest absolute Gasteiger partial charge is 0.141 e. The van der Waals surface area contributed by atoms with E-state index in [1.165, 1.54) is 6.07 Å². The lowest BCUT2D eigenvalue weighted by atomic mass is 10.2. The average molecular weight is 184 g/mol. The van der Waals surface area contributed by atoms with Crippen molar-refractivity contribution in [3.05, 3.63) is 29.8 Å². The zero-order valence-corrected chi connectivity index (χ0v) is 6.96. The highest BCUT2D eigenvalue weighted by atomic mass is 19.1. The second kappa shape index (κ2) is 3.81. The lowest BCUT2D eigenvalue weighted by Crippen LogP contribution is -2.33. The maximum Gasteiger partial charge on any atom is 0.141 e. The summed E-state index contributed by atoms with van der Waals surface area (Å²) in [6.07, 6.45) is 0.816. The van der Waals surface area contributed by atoms with Crippen LogP contribution in [0.4, 0.5) is 4.39 Å². The quantitative estimate of drug-likeness (QED) is 0.703. The van der Waals surface area contributed by atoms with E-state index in [0.29, 0.717) is 12.2 Å². The van der Waals surface area contributed by atoms with Crippen molar-refractivity contribution >= 4 is 0 Å². The van der Waals surface area contributed by atoms with Gasteiger partial charge in [-0.15, -0.1) is 0 Å². The van der Waals surface area contributed by atoms with Gasteiger partial charge in [0.05, 0.1) is 18.5 Å². The Morgan fingerprint density at radius 3 is 3.23 bits per heavy atom. The number of morpholine rings is 1. The van der Waals surface area contributed by atoms with E-state index >= 15 is 0 Å². The lowest BCUT2D eigenvalue weighted by molar-refractivity contribution is 0.0249. The molecular weight excluding hydrogens is 171 g/mol. The van der Waals surface area contributed by atoms with Crippen molar-refractivity contribution in [3.63, 3.8) is 0 Å². The summed E-state index contributed by atoms with van der Waals surface area (Å²) in [4.78, 5) is 3.89. The molecule has 0 radical (unpaired) electrons. The highest BCUT2D eigenvalue weighted by molar-refractivity contribution is 5.09. The van der Waals surface area contributed by atoms with Gasteiger partial charge in [0.15, 0.2) is 0 Å². The number of halogens is 1. The van der Waals surface area contributed by atoms with Gasteiger partial charge in [0.2, 0.25) is 0 Å². The number of rotatable bonds is 1. The number of pyridine rings is 1. The topological polar surface area (TPSA) is 34.1 Å². The third kappa shape index (κ3) is 2.02. The van der Waals surface area contributed by atoms with Gasteiger partial charge in [-0.2, -0.15) is 0 Å². The number of aromatic nitrogens is 1. The van der Waals surface area contributed by atoms with E-state index in [1.54, 1.807) is 6.07 Å². The first kappa shape index (κ1) is 6.45. The normalized spacial score (nSPS) is 29.2. The Kier molecular flexibility index (Phi) is 1.89. The first-order chi connectivity index (χ1) is 7.07. The highest BCUT2D eigenvalue weighted by Crippen LogP contribution is 2.15. The minimum atomic E-state index is -1.49. The van der Waals surface area contributed by atoms with Crippen molar-refractivity contribution in [1.82, 2.24) is 10.3 Å². The van der Waals surface area contributed by atoms with E-state index in [9.17, 15) is 4.39 Å². The van der Waals surface area contributed by atoms with Crippen LogP contribution < -0.4 is 5.32 Å². The van der Waals surface area contributed by atoms with Gasteiger partial charge in [-0.3, -0.25) is 4.98 Å². The Hall–Kier alpha value is -1.00. The van der Waals surface area contributed by atoms with E-state index < -0.39 is 12.3 Å². The van der Waals surface area contributed by atoms with Crippen molar-refractivity contribution in [3.8, 4) is 0 Å². The molecule has 1 N–H and O–H groups in total. The molecule has 1 unspecified atom stereocenters. The number of ether oxygens (including phenoxy) is 1. The van der Waals surface area contributed by atoms with Gasteiger partial charge in [-0.05, 0) is 12.1 Å². The van der Waals surface area contributed by atoms with Crippen molar-refractivity contribution in [2.45, 2.75) is 6.10 Å². The fourth-order valence-corrected chi connectivity index (χ4v) is 1.18. The number of hydrogen-bond acceptors (Lipinski definition) is 3. The summed E-state index contributed by atoms with van der Waals surface area (Å²) in [6.45, 7) is -1.18. The first-order valence-electron chi connectivity index (χ1n) is 5.05. The molecule has 0 aromatic carbocycles. The van der Waals surface area contributed by atoms with Crippen LogP contribution in [0.5, 0.6) is 0 Å². The Bertz CT molecular complexity index is 334. The second-order valence-corrected chi connectivity index (χ2v) is 2.76. The number of nitrogens with zero attached hydrogens (tertiary/aromatic N) is 1. The van der Waals surface area contributed by atoms with E-state index in [4.69, 9.17) is 7.48 Å². The molecule has 1 atom stereocenters. The predicted molar refractivity (Wildman–Crippen MR) is 45.8 cm³/mol. The first-order valence-corrected chi connectivity index (χ1v) is 4.05. The van der Waals surface area contributed by atoms with Crippen molar-refractivity contribution in [2.24, 2.45) is 0 Å². The molecule has 2 heterocycles. The summed E-state index contributed by atoms with van der Waals surface area (Å²) in [5, 5.41) is 2.70. The summed E-state index contributed by atoms with van der Waals surface area (Å²) < 4.78 is 32.6. The SMILES string of the molecule is [2H]C1([2H])COC(c2ccc(F)cn2)CN1. The molecule has 0 spiro atoms. The van der Waals surface area contributed by atoms with Gasteiger partial charge in [-0.25, -0.2) is 4.39 Å². The molecule has 2 rings (SSSR count). The summed E-state index contributed by atoms with van der Waals surface area (Å²) >= 11 is 0. The average Bonchev–Trinajstić information content (AvgIpc) is 2.20. The van der Waals surface area contributed by atoms with Crippen molar-refractivity contribution in [2.75, 3.05) is 19.6 Å². The fourth-order valence-electron chi connectivity index (χ4n) is 1.18. The molecule has 1 saturated heterocycles. The van der Waals surface area contributed by atoms with Crippen LogP contribution in [-0.4, -0.2) is 24.6 Å². The van der Waals surface area contributed by atoms with Crippen LogP contribution >= 0.6 is 0 Å². The predicted octanol–water partition coefficient (Wildman–Crippen LogP) is 0.882. The van der Waals surface area contributed by atoms with E-state index in [1.807, 2.05) is 0 Å². The molecule has 70 valence electrons. The van der Waals surface area contributed by atoms with Gasteiger partial charge in [0.25, 0.3) is 0 Å². The Morgan fingerprint density at radius 2 is 2.62 bits per heavy atom. The van der Waals surface area contributed by atoms with Crippen molar-refractivity contribution < 1.29 is 11.9 Å². The summed E-state index contributed by atoms with van der Waals surface area (Å²) in [7, 11) is 0. The van der Waals surface area contributed by atoms with Gasteiger partial charge in [0, 0.05) is 15.8 Å². The summed E-state index contributed by atoms with van der Waals surface area (Å²) in [5.74, 6) is -0.391. The van der Waals surface area contributed by atoms with Crippen LogP contribution in [0.15, 0.2) is 18.3 Å². The third-order valence-corrected chi connectivity index (χ3v) is 1.85. The molecule has 13 heavy (non-hydrogen) atoms. The summed E-state index contributed by atoms with van der Waals surface area (Å²) in [6, 6.07) is 2.86. The molecule has 0 bridgehead atoms. The van der Waals surface area contributed by atoms with Gasteiger partial charge < -0.3 is 10.1 Å². The molecule has 4 heteroatoms. The molecule has 1 aromatic heterocycles. The maximum atomic E-state index is 12.6. The second-order valence-electron chi connectivity index (χ2n) is 2.76. The molecule has 0 amide bonds. The van der Waals surface area contributed by atoms with Gasteiger partial charge in [-0.1, -0.05) is 0 Å². The minimum absolute atomic E-state index is 0.0310. The zero-order valence-electron chi connectivity index (χ0n) is 8.96. The van der Waals surface area contributed by atoms with E-state index in [-0.39, 0.29) is 12.7 Å². The number of nitrogens with one attached hydrogen (secondary N) is 1. The standard InChI is InChI=1S/C9H11FN2O/c10-7-1-2-8(12-5-7)9-6-11-3-4-13-9/h1-2,5,9,11H,3-4,6H2/i3D2. The number of hydrogen-bond donors (Lipinski definition) is 1. The van der Waals surface area contributed by atoms with Crippen molar-refractivity contribution in [1.29, 1.82) is 0 Å². The Morgan fingerprint density at radius 1 is 1.69 bits per heavy atom. The molecule has 0 saturated carbocycles. The molecule has 1 fully saturated rings. The molecular formula is C9H11FN2O. The van der Waals surface area contributed by atoms with Gasteiger partial charge in [0.1, 0.15) is 11.9 Å². The van der Waals surface area contributed by atoms with Crippen LogP contribution in [0.2, 0.25) is 0 Å². The summed E-state index contributed by atoms with van der Waals surface area (Å²) in [5.41, 5.74) is 0.611. The molecule has 3 nitrogen and oxygen atoms in total. The molecule has 1 aliphatic rings. The molecule has 0 aliphatic carbocycles.